The second kappa shape index (κ2) is 9.20. The molecule has 0 spiro atoms. The first-order chi connectivity index (χ1) is 15.3. The van der Waals surface area contributed by atoms with E-state index < -0.39 is 0 Å². The normalized spacial score (nSPS) is 15.4. The van der Waals surface area contributed by atoms with Gasteiger partial charge in [-0.3, -0.25) is 9.59 Å². The number of nitrogens with one attached hydrogen (secondary N) is 1. The zero-order valence-corrected chi connectivity index (χ0v) is 19.5. The first-order valence-electron chi connectivity index (χ1n) is 10.7. The molecular weight excluding hydrogens is 422 g/mol. The molecule has 166 valence electrons. The number of hydrogen-bond acceptors (Lipinski definition) is 5. The van der Waals surface area contributed by atoms with Crippen LogP contribution in [-0.2, 0) is 17.6 Å². The molecule has 0 radical (unpaired) electrons. The van der Waals surface area contributed by atoms with Gasteiger partial charge in [-0.2, -0.15) is 4.98 Å². The van der Waals surface area contributed by atoms with Crippen LogP contribution in [0, 0.1) is 6.92 Å². The first-order valence-corrected chi connectivity index (χ1v) is 11.7. The summed E-state index contributed by atoms with van der Waals surface area (Å²) in [5, 5.41) is 3.48. The van der Waals surface area contributed by atoms with E-state index >= 15 is 0 Å². The van der Waals surface area contributed by atoms with Gasteiger partial charge in [0.2, 0.25) is 5.91 Å². The number of anilines is 1. The molecule has 1 aliphatic rings. The predicted molar refractivity (Wildman–Crippen MR) is 128 cm³/mol. The van der Waals surface area contributed by atoms with Crippen molar-refractivity contribution in [3.63, 3.8) is 0 Å². The summed E-state index contributed by atoms with van der Waals surface area (Å²) in [6.07, 6.45) is 0.290. The van der Waals surface area contributed by atoms with Crippen LogP contribution in [-0.4, -0.2) is 21.6 Å². The van der Waals surface area contributed by atoms with E-state index in [0.717, 1.165) is 11.3 Å². The van der Waals surface area contributed by atoms with E-state index in [1.54, 1.807) is 0 Å². The zero-order chi connectivity index (χ0) is 22.8. The number of nitrogens with zero attached hydrogens (tertiary/aromatic N) is 2. The summed E-state index contributed by atoms with van der Waals surface area (Å²) in [5.41, 5.74) is 3.52. The van der Waals surface area contributed by atoms with Gasteiger partial charge in [0, 0.05) is 25.1 Å². The van der Waals surface area contributed by atoms with Crippen LogP contribution in [0.5, 0.6) is 5.75 Å². The van der Waals surface area contributed by atoms with Crippen molar-refractivity contribution in [3.8, 4) is 5.75 Å². The lowest BCUT2D eigenvalue weighted by Gasteiger charge is -2.27. The van der Waals surface area contributed by atoms with Crippen LogP contribution < -0.4 is 15.6 Å². The smallest absolute Gasteiger partial charge is 0.279 e. The highest BCUT2D eigenvalue weighted by molar-refractivity contribution is 7.98. The fourth-order valence-corrected chi connectivity index (χ4v) is 4.96. The summed E-state index contributed by atoms with van der Waals surface area (Å²) < 4.78 is 7.54. The van der Waals surface area contributed by atoms with Crippen molar-refractivity contribution < 1.29 is 9.53 Å². The Kier molecular flexibility index (Phi) is 6.37. The predicted octanol–water partition coefficient (Wildman–Crippen LogP) is 4.64. The average Bonchev–Trinajstić information content (AvgIpc) is 2.75. The second-order valence-corrected chi connectivity index (χ2v) is 9.22. The summed E-state index contributed by atoms with van der Waals surface area (Å²) in [4.78, 5) is 30.0. The van der Waals surface area contributed by atoms with Crippen molar-refractivity contribution in [2.45, 2.75) is 50.1 Å². The Morgan fingerprint density at radius 2 is 1.88 bits per heavy atom. The van der Waals surface area contributed by atoms with Crippen LogP contribution in [0.1, 0.15) is 48.4 Å². The maximum atomic E-state index is 13.1. The number of benzene rings is 2. The van der Waals surface area contributed by atoms with E-state index in [9.17, 15) is 9.59 Å². The Morgan fingerprint density at radius 1 is 1.16 bits per heavy atom. The lowest BCUT2D eigenvalue weighted by atomic mass is 9.87. The van der Waals surface area contributed by atoms with Gasteiger partial charge >= 0.3 is 0 Å². The van der Waals surface area contributed by atoms with Crippen molar-refractivity contribution in [3.05, 3.63) is 81.1 Å². The van der Waals surface area contributed by atoms with Crippen LogP contribution in [0.15, 0.2) is 58.5 Å². The van der Waals surface area contributed by atoms with Crippen molar-refractivity contribution >= 4 is 23.5 Å². The molecule has 1 aliphatic heterocycles. The second-order valence-electron chi connectivity index (χ2n) is 8.28. The van der Waals surface area contributed by atoms with Crippen molar-refractivity contribution in [2.24, 2.45) is 7.05 Å². The van der Waals surface area contributed by atoms with Crippen LogP contribution in [0.2, 0.25) is 0 Å². The topological polar surface area (TPSA) is 73.2 Å². The van der Waals surface area contributed by atoms with Crippen molar-refractivity contribution in [1.82, 2.24) is 9.55 Å². The number of fused-ring (bicyclic) bond motifs is 1. The first kappa shape index (κ1) is 22.1. The SMILES string of the molecule is Cc1ccccc1CSc1nc(=O)c2c(n1C)NC(=O)C[C@@H]2c1ccc(OC(C)C)cc1. The Balaban J connectivity index is 1.67. The number of rotatable bonds is 6. The van der Waals surface area contributed by atoms with Gasteiger partial charge in [-0.25, -0.2) is 0 Å². The third kappa shape index (κ3) is 4.58. The Morgan fingerprint density at radius 3 is 2.56 bits per heavy atom. The lowest BCUT2D eigenvalue weighted by molar-refractivity contribution is -0.116. The summed E-state index contributed by atoms with van der Waals surface area (Å²) in [6, 6.07) is 15.8. The van der Waals surface area contributed by atoms with Gasteiger partial charge in [0.25, 0.3) is 5.56 Å². The van der Waals surface area contributed by atoms with E-state index in [0.29, 0.717) is 22.3 Å². The molecule has 32 heavy (non-hydrogen) atoms. The van der Waals surface area contributed by atoms with Gasteiger partial charge in [-0.1, -0.05) is 48.2 Å². The molecular formula is C25H27N3O3S. The summed E-state index contributed by atoms with van der Waals surface area (Å²) in [5.74, 6) is 1.54. The molecule has 0 saturated heterocycles. The van der Waals surface area contributed by atoms with Crippen molar-refractivity contribution in [1.29, 1.82) is 0 Å². The van der Waals surface area contributed by atoms with E-state index in [4.69, 9.17) is 4.74 Å². The van der Waals surface area contributed by atoms with E-state index in [-0.39, 0.29) is 29.9 Å². The molecule has 2 aromatic carbocycles. The van der Waals surface area contributed by atoms with E-state index in [1.807, 2.05) is 61.9 Å². The highest BCUT2D eigenvalue weighted by Gasteiger charge is 2.32. The molecule has 0 unspecified atom stereocenters. The largest absolute Gasteiger partial charge is 0.491 e. The zero-order valence-electron chi connectivity index (χ0n) is 18.7. The molecule has 1 atom stereocenters. The van der Waals surface area contributed by atoms with Crippen molar-refractivity contribution in [2.75, 3.05) is 5.32 Å². The standard InChI is InChI=1S/C25H27N3O3S/c1-15(2)31-19-11-9-17(10-12-19)20-13-21(29)26-23-22(20)24(30)27-25(28(23)4)32-14-18-8-6-5-7-16(18)3/h5-12,15,20H,13-14H2,1-4H3,(H,26,29)/t20-/m1/s1. The molecule has 1 aromatic heterocycles. The molecule has 0 bridgehead atoms. The Bertz CT molecular complexity index is 1200. The number of ether oxygens (including phenoxy) is 1. The molecule has 0 saturated carbocycles. The van der Waals surface area contributed by atoms with E-state index in [2.05, 4.69) is 29.4 Å². The minimum atomic E-state index is -0.339. The quantitative estimate of drug-likeness (QED) is 0.438. The van der Waals surface area contributed by atoms with Gasteiger partial charge in [0.05, 0.1) is 11.7 Å². The fourth-order valence-electron chi connectivity index (χ4n) is 3.91. The third-order valence-electron chi connectivity index (χ3n) is 5.57. The van der Waals surface area contributed by atoms with Gasteiger partial charge in [-0.05, 0) is 49.6 Å². The summed E-state index contributed by atoms with van der Waals surface area (Å²) in [7, 11) is 1.84. The monoisotopic (exact) mass is 449 g/mol. The molecule has 0 aliphatic carbocycles. The van der Waals surface area contributed by atoms with Crippen LogP contribution in [0.25, 0.3) is 0 Å². The molecule has 2 heterocycles. The number of thioether (sulfide) groups is 1. The molecule has 7 heteroatoms. The maximum Gasteiger partial charge on any atom is 0.279 e. The number of amides is 1. The number of carbonyl (C=O) groups is 1. The van der Waals surface area contributed by atoms with Gasteiger partial charge < -0.3 is 14.6 Å². The van der Waals surface area contributed by atoms with E-state index in [1.165, 1.54) is 22.9 Å². The highest BCUT2D eigenvalue weighted by atomic mass is 32.2. The molecule has 1 amide bonds. The van der Waals surface area contributed by atoms with Crippen LogP contribution in [0.4, 0.5) is 5.82 Å². The van der Waals surface area contributed by atoms with Crippen LogP contribution >= 0.6 is 11.8 Å². The minimum absolute atomic E-state index is 0.0779. The average molecular weight is 450 g/mol. The Hall–Kier alpha value is -3.06. The third-order valence-corrected chi connectivity index (χ3v) is 6.65. The minimum Gasteiger partial charge on any atom is -0.491 e. The fraction of sp³-hybridized carbons (Fsp3) is 0.320. The maximum absolute atomic E-state index is 13.1. The van der Waals surface area contributed by atoms with Gasteiger partial charge in [-0.15, -0.1) is 0 Å². The highest BCUT2D eigenvalue weighted by Crippen LogP contribution is 2.36. The number of aromatic nitrogens is 2. The Labute approximate surface area is 192 Å². The molecule has 1 N–H and O–H groups in total. The molecule has 0 fully saturated rings. The lowest BCUT2D eigenvalue weighted by Crippen LogP contribution is -2.33. The summed E-state index contributed by atoms with van der Waals surface area (Å²) in [6.45, 7) is 6.01. The van der Waals surface area contributed by atoms with Gasteiger partial charge in [0.1, 0.15) is 11.6 Å². The van der Waals surface area contributed by atoms with Crippen LogP contribution in [0.3, 0.4) is 0 Å². The molecule has 3 aromatic rings. The number of carbonyl (C=O) groups excluding carboxylic acids is 1. The number of aryl methyl sites for hydroxylation is 1. The van der Waals surface area contributed by atoms with Gasteiger partial charge in [0.15, 0.2) is 5.16 Å². The molecule has 4 rings (SSSR count). The summed E-state index contributed by atoms with van der Waals surface area (Å²) >= 11 is 1.49. The molecule has 6 nitrogen and oxygen atoms in total. The number of hydrogen-bond donors (Lipinski definition) is 1.